The Kier molecular flexibility index (Phi) is 4.45. The van der Waals surface area contributed by atoms with Gasteiger partial charge in [-0.15, -0.1) is 0 Å². The highest BCUT2D eigenvalue weighted by Crippen LogP contribution is 2.39. The third-order valence-corrected chi connectivity index (χ3v) is 3.58. The third-order valence-electron chi connectivity index (χ3n) is 3.58. The minimum absolute atomic E-state index is 0.624. The highest BCUT2D eigenvalue weighted by Gasteiger charge is 2.37. The van der Waals surface area contributed by atoms with Crippen LogP contribution in [-0.2, 0) is 12.1 Å². The molecule has 0 aliphatic heterocycles. The molecule has 1 atom stereocenters. The number of hydrogen-bond donors (Lipinski definition) is 1. The lowest BCUT2D eigenvalue weighted by Crippen LogP contribution is -2.31. The van der Waals surface area contributed by atoms with Crippen LogP contribution in [0.25, 0.3) is 0 Å². The van der Waals surface area contributed by atoms with Crippen molar-refractivity contribution >= 4 is 0 Å². The summed E-state index contributed by atoms with van der Waals surface area (Å²) in [5.41, 5.74) is 0.527. The van der Waals surface area contributed by atoms with E-state index in [-0.39, 0.29) is 0 Å². The Morgan fingerprint density at radius 2 is 1.95 bits per heavy atom. The van der Waals surface area contributed by atoms with Crippen LogP contribution in [0.3, 0.4) is 0 Å². The van der Waals surface area contributed by atoms with Gasteiger partial charge in [0.25, 0.3) is 0 Å². The summed E-state index contributed by atoms with van der Waals surface area (Å²) in [5.74, 6) is 0.631. The summed E-state index contributed by atoms with van der Waals surface area (Å²) >= 11 is 0. The Hall–Kier alpha value is -1.81. The minimum Gasteiger partial charge on any atom is -0.493 e. The van der Waals surface area contributed by atoms with Gasteiger partial charge in [0.1, 0.15) is 11.3 Å². The Morgan fingerprint density at radius 1 is 1.25 bits per heavy atom. The fourth-order valence-electron chi connectivity index (χ4n) is 2.65. The molecule has 4 heteroatoms. The predicted octanol–water partition coefficient (Wildman–Crippen LogP) is 2.95. The zero-order chi connectivity index (χ0) is 14.6. The Morgan fingerprint density at radius 3 is 2.50 bits per heavy atom. The van der Waals surface area contributed by atoms with E-state index >= 15 is 0 Å². The van der Waals surface area contributed by atoms with Gasteiger partial charge in [-0.2, -0.15) is 5.10 Å². The van der Waals surface area contributed by atoms with Gasteiger partial charge < -0.3 is 9.84 Å². The molecule has 0 saturated carbocycles. The molecule has 0 aliphatic carbocycles. The van der Waals surface area contributed by atoms with Gasteiger partial charge in [-0.05, 0) is 18.9 Å². The van der Waals surface area contributed by atoms with E-state index in [0.29, 0.717) is 18.7 Å². The Bertz CT molecular complexity index is 529. The van der Waals surface area contributed by atoms with Crippen LogP contribution in [0.2, 0.25) is 0 Å². The van der Waals surface area contributed by atoms with Crippen molar-refractivity contribution in [2.75, 3.05) is 7.11 Å². The fourth-order valence-corrected chi connectivity index (χ4v) is 2.65. The molecule has 0 aliphatic rings. The van der Waals surface area contributed by atoms with Crippen molar-refractivity contribution in [3.63, 3.8) is 0 Å². The maximum Gasteiger partial charge on any atom is 0.163 e. The van der Waals surface area contributed by atoms with Crippen molar-refractivity contribution in [2.45, 2.75) is 38.8 Å². The Balaban J connectivity index is 2.61. The zero-order valence-electron chi connectivity index (χ0n) is 12.3. The van der Waals surface area contributed by atoms with Crippen LogP contribution >= 0.6 is 0 Å². The molecule has 1 heterocycles. The van der Waals surface area contributed by atoms with E-state index in [9.17, 15) is 5.11 Å². The molecule has 1 aromatic heterocycles. The predicted molar refractivity (Wildman–Crippen MR) is 78.8 cm³/mol. The minimum atomic E-state index is -1.08. The number of ether oxygens (including phenoxy) is 1. The molecule has 20 heavy (non-hydrogen) atoms. The summed E-state index contributed by atoms with van der Waals surface area (Å²) in [4.78, 5) is 0. The quantitative estimate of drug-likeness (QED) is 0.881. The first kappa shape index (κ1) is 14.6. The first-order valence-corrected chi connectivity index (χ1v) is 7.05. The lowest BCUT2D eigenvalue weighted by atomic mass is 9.85. The average molecular weight is 274 g/mol. The van der Waals surface area contributed by atoms with Gasteiger partial charge in [0.15, 0.2) is 5.75 Å². The van der Waals surface area contributed by atoms with E-state index in [1.54, 1.807) is 13.3 Å². The molecule has 2 aromatic rings. The van der Waals surface area contributed by atoms with E-state index < -0.39 is 5.60 Å². The first-order chi connectivity index (χ1) is 9.67. The van der Waals surface area contributed by atoms with Crippen LogP contribution in [0.4, 0.5) is 0 Å². The van der Waals surface area contributed by atoms with Crippen molar-refractivity contribution < 1.29 is 9.84 Å². The topological polar surface area (TPSA) is 47.3 Å². The van der Waals surface area contributed by atoms with Crippen LogP contribution in [0, 0.1) is 0 Å². The molecular weight excluding hydrogens is 252 g/mol. The summed E-state index contributed by atoms with van der Waals surface area (Å²) in [6.07, 6.45) is 3.16. The second-order valence-electron chi connectivity index (χ2n) is 4.85. The maximum atomic E-state index is 11.3. The highest BCUT2D eigenvalue weighted by atomic mass is 16.5. The van der Waals surface area contributed by atoms with Crippen LogP contribution in [0.15, 0.2) is 36.5 Å². The molecule has 1 unspecified atom stereocenters. The maximum absolute atomic E-state index is 11.3. The molecule has 4 nitrogen and oxygen atoms in total. The summed E-state index contributed by atoms with van der Waals surface area (Å²) < 4.78 is 7.21. The van der Waals surface area contributed by atoms with Crippen LogP contribution in [0.1, 0.15) is 37.9 Å². The molecule has 0 saturated heterocycles. The van der Waals surface area contributed by atoms with E-state index in [1.807, 2.05) is 41.9 Å². The standard InChI is InChI=1S/C16H22N2O2/c1-4-11-16(19,13-9-7-6-8-10-13)15-14(20-3)12-17-18(15)5-2/h6-10,12,19H,4-5,11H2,1-3H3. The average Bonchev–Trinajstić information content (AvgIpc) is 2.92. The van der Waals surface area contributed by atoms with Gasteiger partial charge >= 0.3 is 0 Å². The van der Waals surface area contributed by atoms with Gasteiger partial charge in [-0.1, -0.05) is 43.7 Å². The van der Waals surface area contributed by atoms with Crippen molar-refractivity contribution in [2.24, 2.45) is 0 Å². The SMILES string of the molecule is CCCC(O)(c1ccccc1)c1c(OC)cnn1CC. The van der Waals surface area contributed by atoms with Gasteiger partial charge in [0, 0.05) is 6.54 Å². The fraction of sp³-hybridized carbons (Fsp3) is 0.438. The van der Waals surface area contributed by atoms with E-state index in [0.717, 1.165) is 17.7 Å². The van der Waals surface area contributed by atoms with E-state index in [2.05, 4.69) is 12.0 Å². The summed E-state index contributed by atoms with van der Waals surface area (Å²) in [7, 11) is 1.61. The third kappa shape index (κ3) is 2.43. The van der Waals surface area contributed by atoms with Crippen molar-refractivity contribution in [3.05, 3.63) is 47.8 Å². The van der Waals surface area contributed by atoms with Gasteiger partial charge in [-0.25, -0.2) is 0 Å². The van der Waals surface area contributed by atoms with Gasteiger partial charge in [-0.3, -0.25) is 4.68 Å². The first-order valence-electron chi connectivity index (χ1n) is 7.05. The molecule has 0 fully saturated rings. The number of aliphatic hydroxyl groups is 1. The summed E-state index contributed by atoms with van der Waals surface area (Å²) in [6.45, 7) is 4.76. The van der Waals surface area contributed by atoms with Crippen LogP contribution in [0.5, 0.6) is 5.75 Å². The summed E-state index contributed by atoms with van der Waals surface area (Å²) in [5, 5.41) is 15.6. The lowest BCUT2D eigenvalue weighted by Gasteiger charge is -2.30. The molecule has 0 amide bonds. The van der Waals surface area contributed by atoms with Gasteiger partial charge in [0.05, 0.1) is 13.3 Å². The number of methoxy groups -OCH3 is 1. The van der Waals surface area contributed by atoms with Crippen LogP contribution in [-0.4, -0.2) is 22.0 Å². The molecule has 0 spiro atoms. The smallest absolute Gasteiger partial charge is 0.163 e. The van der Waals surface area contributed by atoms with E-state index in [1.165, 1.54) is 0 Å². The number of benzene rings is 1. The monoisotopic (exact) mass is 274 g/mol. The van der Waals surface area contributed by atoms with E-state index in [4.69, 9.17) is 4.74 Å². The van der Waals surface area contributed by atoms with Crippen molar-refractivity contribution in [3.8, 4) is 5.75 Å². The van der Waals surface area contributed by atoms with Gasteiger partial charge in [0.2, 0.25) is 0 Å². The molecule has 1 aromatic carbocycles. The normalized spacial score (nSPS) is 14.0. The summed E-state index contributed by atoms with van der Waals surface area (Å²) in [6, 6.07) is 9.72. The lowest BCUT2D eigenvalue weighted by molar-refractivity contribution is 0.0578. The second-order valence-corrected chi connectivity index (χ2v) is 4.85. The number of aryl methyl sites for hydroxylation is 1. The van der Waals surface area contributed by atoms with Crippen molar-refractivity contribution in [1.29, 1.82) is 0 Å². The number of nitrogens with zero attached hydrogens (tertiary/aromatic N) is 2. The zero-order valence-corrected chi connectivity index (χ0v) is 12.3. The highest BCUT2D eigenvalue weighted by molar-refractivity contribution is 5.40. The molecular formula is C16H22N2O2. The molecule has 0 bridgehead atoms. The number of hydrogen-bond acceptors (Lipinski definition) is 3. The largest absolute Gasteiger partial charge is 0.493 e. The van der Waals surface area contributed by atoms with Crippen LogP contribution < -0.4 is 4.74 Å². The number of aromatic nitrogens is 2. The molecule has 0 radical (unpaired) electrons. The Labute approximate surface area is 120 Å². The molecule has 108 valence electrons. The second kappa shape index (κ2) is 6.09. The molecule has 1 N–H and O–H groups in total. The van der Waals surface area contributed by atoms with Crippen molar-refractivity contribution in [1.82, 2.24) is 9.78 Å². The number of rotatable bonds is 6. The molecule has 2 rings (SSSR count).